The van der Waals surface area contributed by atoms with E-state index in [9.17, 15) is 0 Å². The smallest absolute Gasteiger partial charge is 0.203 e. The predicted molar refractivity (Wildman–Crippen MR) is 116 cm³/mol. The fourth-order valence-electron chi connectivity index (χ4n) is 4.95. The lowest BCUT2D eigenvalue weighted by Crippen LogP contribution is -2.29. The number of allylic oxidation sites excluding steroid dienone is 2. The second kappa shape index (κ2) is 7.03. The summed E-state index contributed by atoms with van der Waals surface area (Å²) in [6.07, 6.45) is 5.72. The normalized spacial score (nSPS) is 22.0. The van der Waals surface area contributed by atoms with Crippen molar-refractivity contribution in [2.24, 2.45) is 5.92 Å². The monoisotopic (exact) mass is 387 g/mol. The Labute approximate surface area is 171 Å². The van der Waals surface area contributed by atoms with E-state index in [0.717, 1.165) is 12.0 Å². The molecule has 0 spiro atoms. The summed E-state index contributed by atoms with van der Waals surface area (Å²) in [5.41, 5.74) is 3.76. The molecule has 3 atom stereocenters. The first-order valence-electron chi connectivity index (χ1n) is 10.00. The molecule has 1 aliphatic heterocycles. The van der Waals surface area contributed by atoms with Gasteiger partial charge in [0.05, 0.1) is 27.4 Å². The highest BCUT2D eigenvalue weighted by atomic mass is 16.5. The number of rotatable bonds is 4. The van der Waals surface area contributed by atoms with E-state index < -0.39 is 0 Å². The molecular formula is C25H25NO3. The molecule has 148 valence electrons. The van der Waals surface area contributed by atoms with E-state index in [1.807, 2.05) is 0 Å². The molecular weight excluding hydrogens is 362 g/mol. The van der Waals surface area contributed by atoms with Crippen LogP contribution in [0.3, 0.4) is 0 Å². The van der Waals surface area contributed by atoms with Gasteiger partial charge in [0.2, 0.25) is 5.75 Å². The standard InChI is InChI=1S/C25H25NO3/c1-27-21-13-16(14-22(28-2)25(21)29-3)23-19-10-6-9-18(19)20-12-11-15-7-4-5-8-17(15)24(20)26-23/h4-9,11-14,18-19,23,26H,10H2,1-3H3/t18-,19+,23+/m0/s1. The number of fused-ring (bicyclic) bond motifs is 5. The minimum absolute atomic E-state index is 0.155. The van der Waals surface area contributed by atoms with E-state index in [0.29, 0.717) is 29.1 Å². The van der Waals surface area contributed by atoms with Crippen molar-refractivity contribution in [3.8, 4) is 17.2 Å². The Hall–Kier alpha value is -3.14. The quantitative estimate of drug-likeness (QED) is 0.584. The van der Waals surface area contributed by atoms with Gasteiger partial charge in [0.1, 0.15) is 0 Å². The third-order valence-electron chi connectivity index (χ3n) is 6.31. The Morgan fingerprint density at radius 2 is 1.66 bits per heavy atom. The molecule has 1 N–H and O–H groups in total. The number of methoxy groups -OCH3 is 3. The zero-order valence-corrected chi connectivity index (χ0v) is 16.9. The molecule has 4 nitrogen and oxygen atoms in total. The first-order valence-corrected chi connectivity index (χ1v) is 10.00. The Morgan fingerprint density at radius 1 is 0.897 bits per heavy atom. The van der Waals surface area contributed by atoms with Gasteiger partial charge in [-0.3, -0.25) is 0 Å². The van der Waals surface area contributed by atoms with Crippen LogP contribution >= 0.6 is 0 Å². The van der Waals surface area contributed by atoms with Gasteiger partial charge in [0, 0.05) is 17.0 Å². The molecule has 1 aliphatic carbocycles. The fourth-order valence-corrected chi connectivity index (χ4v) is 4.95. The summed E-state index contributed by atoms with van der Waals surface area (Å²) in [6, 6.07) is 17.4. The molecule has 4 heteroatoms. The third-order valence-corrected chi connectivity index (χ3v) is 6.31. The van der Waals surface area contributed by atoms with E-state index in [1.165, 1.54) is 22.0 Å². The van der Waals surface area contributed by atoms with E-state index in [-0.39, 0.29) is 6.04 Å². The Kier molecular flexibility index (Phi) is 4.35. The Morgan fingerprint density at radius 3 is 2.38 bits per heavy atom. The predicted octanol–water partition coefficient (Wildman–Crippen LogP) is 5.69. The molecule has 0 amide bonds. The van der Waals surface area contributed by atoms with Crippen molar-refractivity contribution < 1.29 is 14.2 Å². The summed E-state index contributed by atoms with van der Waals surface area (Å²) in [7, 11) is 4.97. The minimum atomic E-state index is 0.155. The van der Waals surface area contributed by atoms with Crippen LogP contribution in [0, 0.1) is 5.92 Å². The van der Waals surface area contributed by atoms with Crippen LogP contribution in [0.2, 0.25) is 0 Å². The van der Waals surface area contributed by atoms with Gasteiger partial charge < -0.3 is 19.5 Å². The highest BCUT2D eigenvalue weighted by Gasteiger charge is 2.39. The van der Waals surface area contributed by atoms with Crippen LogP contribution in [0.1, 0.15) is 29.5 Å². The molecule has 0 unspecified atom stereocenters. The molecule has 0 radical (unpaired) electrons. The summed E-state index contributed by atoms with van der Waals surface area (Å²) in [4.78, 5) is 0. The van der Waals surface area contributed by atoms with E-state index >= 15 is 0 Å². The number of anilines is 1. The van der Waals surface area contributed by atoms with Crippen molar-refractivity contribution >= 4 is 16.5 Å². The summed E-state index contributed by atoms with van der Waals surface area (Å²) in [5, 5.41) is 6.39. The van der Waals surface area contributed by atoms with E-state index in [4.69, 9.17) is 14.2 Å². The fraction of sp³-hybridized carbons (Fsp3) is 0.280. The van der Waals surface area contributed by atoms with Crippen molar-refractivity contribution in [2.75, 3.05) is 26.6 Å². The minimum Gasteiger partial charge on any atom is -0.493 e. The second-order valence-electron chi connectivity index (χ2n) is 7.69. The highest BCUT2D eigenvalue weighted by Crippen LogP contribution is 2.53. The Balaban J connectivity index is 1.67. The number of hydrogen-bond donors (Lipinski definition) is 1. The summed E-state index contributed by atoms with van der Waals surface area (Å²) >= 11 is 0. The van der Waals surface area contributed by atoms with Crippen LogP contribution in [0.5, 0.6) is 17.2 Å². The van der Waals surface area contributed by atoms with Gasteiger partial charge >= 0.3 is 0 Å². The highest BCUT2D eigenvalue weighted by molar-refractivity contribution is 5.96. The van der Waals surface area contributed by atoms with Crippen LogP contribution in [0.25, 0.3) is 10.8 Å². The number of ether oxygens (including phenoxy) is 3. The SMILES string of the molecule is COc1cc([C@H]2Nc3c(ccc4ccccc34)[C@H]3C=CC[C@H]32)cc(OC)c1OC. The largest absolute Gasteiger partial charge is 0.493 e. The van der Waals surface area contributed by atoms with Gasteiger partial charge in [-0.15, -0.1) is 0 Å². The van der Waals surface area contributed by atoms with Gasteiger partial charge in [0.25, 0.3) is 0 Å². The van der Waals surface area contributed by atoms with Gasteiger partial charge in [-0.25, -0.2) is 0 Å². The van der Waals surface area contributed by atoms with Gasteiger partial charge in [0.15, 0.2) is 11.5 Å². The molecule has 2 aliphatic rings. The molecule has 0 saturated carbocycles. The zero-order valence-electron chi connectivity index (χ0n) is 16.9. The van der Waals surface area contributed by atoms with Crippen LogP contribution in [-0.4, -0.2) is 21.3 Å². The number of hydrogen-bond acceptors (Lipinski definition) is 4. The first kappa shape index (κ1) is 17.9. The van der Waals surface area contributed by atoms with Crippen molar-refractivity contribution in [1.82, 2.24) is 0 Å². The lowest BCUT2D eigenvalue weighted by Gasteiger charge is -2.38. The average molecular weight is 387 g/mol. The van der Waals surface area contributed by atoms with Gasteiger partial charge in [-0.05, 0) is 41.0 Å². The zero-order chi connectivity index (χ0) is 20.0. The molecule has 0 bridgehead atoms. The maximum Gasteiger partial charge on any atom is 0.203 e. The maximum absolute atomic E-state index is 5.61. The van der Waals surface area contributed by atoms with Gasteiger partial charge in [-0.1, -0.05) is 48.6 Å². The molecule has 3 aromatic rings. The lowest BCUT2D eigenvalue weighted by molar-refractivity contribution is 0.322. The number of nitrogens with one attached hydrogen (secondary N) is 1. The second-order valence-corrected chi connectivity index (χ2v) is 7.69. The molecule has 1 heterocycles. The van der Waals surface area contributed by atoms with Gasteiger partial charge in [-0.2, -0.15) is 0 Å². The Bertz CT molecular complexity index is 1080. The summed E-state index contributed by atoms with van der Waals surface area (Å²) in [6.45, 7) is 0. The molecule has 0 aromatic heterocycles. The third kappa shape index (κ3) is 2.74. The molecule has 29 heavy (non-hydrogen) atoms. The van der Waals surface area contributed by atoms with Crippen molar-refractivity contribution in [2.45, 2.75) is 18.4 Å². The molecule has 5 rings (SSSR count). The van der Waals surface area contributed by atoms with Crippen molar-refractivity contribution in [3.63, 3.8) is 0 Å². The molecule has 0 fully saturated rings. The van der Waals surface area contributed by atoms with Crippen LogP contribution < -0.4 is 19.5 Å². The van der Waals surface area contributed by atoms with Crippen LogP contribution in [0.4, 0.5) is 5.69 Å². The van der Waals surface area contributed by atoms with Crippen molar-refractivity contribution in [1.29, 1.82) is 0 Å². The maximum atomic E-state index is 5.61. The van der Waals surface area contributed by atoms with Crippen LogP contribution in [0.15, 0.2) is 60.7 Å². The number of benzene rings is 3. The topological polar surface area (TPSA) is 39.7 Å². The van der Waals surface area contributed by atoms with Crippen molar-refractivity contribution in [3.05, 3.63) is 71.8 Å². The lowest BCUT2D eigenvalue weighted by atomic mass is 9.76. The van der Waals surface area contributed by atoms with Crippen LogP contribution in [-0.2, 0) is 0 Å². The van der Waals surface area contributed by atoms with E-state index in [1.54, 1.807) is 21.3 Å². The average Bonchev–Trinajstić information content (AvgIpc) is 3.27. The molecule has 3 aromatic carbocycles. The van der Waals surface area contributed by atoms with E-state index in [2.05, 4.69) is 66.0 Å². The first-order chi connectivity index (χ1) is 14.2. The molecule has 0 saturated heterocycles. The summed E-state index contributed by atoms with van der Waals surface area (Å²) < 4.78 is 16.7. The summed E-state index contributed by atoms with van der Waals surface area (Å²) in [5.74, 6) is 2.86.